The van der Waals surface area contributed by atoms with Gasteiger partial charge in [0.1, 0.15) is 0 Å². The fourth-order valence-electron chi connectivity index (χ4n) is 3.23. The first-order valence-corrected chi connectivity index (χ1v) is 10.9. The number of ether oxygens (including phenoxy) is 1. The number of hydrogen-bond donors (Lipinski definition) is 2. The van der Waals surface area contributed by atoms with Gasteiger partial charge in [-0.25, -0.2) is 4.79 Å². The summed E-state index contributed by atoms with van der Waals surface area (Å²) in [4.78, 5) is 15.8. The lowest BCUT2D eigenvalue weighted by Crippen LogP contribution is -2.47. The lowest BCUT2D eigenvalue weighted by atomic mass is 10.2. The van der Waals surface area contributed by atoms with E-state index in [1.165, 1.54) is 10.5 Å². The summed E-state index contributed by atoms with van der Waals surface area (Å²) < 4.78 is 5.99. The number of nitrogens with one attached hydrogen (secondary N) is 2. The smallest absolute Gasteiger partial charge is 0.319 e. The summed E-state index contributed by atoms with van der Waals surface area (Å²) in [7, 11) is 0. The highest BCUT2D eigenvalue weighted by Gasteiger charge is 2.21. The SMILES string of the molecule is CC(C)(C)Sc1ccc(NC(=O)NCC2CN(Cc3ccccc3)CCO2)cc1. The van der Waals surface area contributed by atoms with E-state index in [2.05, 4.69) is 60.6 Å². The third-order valence-electron chi connectivity index (χ3n) is 4.50. The standard InChI is InChI=1S/C23H31N3O2S/c1-23(2,3)29-21-11-9-19(10-12-21)25-22(27)24-15-20-17-26(13-14-28-20)16-18-7-5-4-6-8-18/h4-12,20H,13-17H2,1-3H3,(H2,24,25,27). The second kappa shape index (κ2) is 10.1. The highest BCUT2D eigenvalue weighted by Crippen LogP contribution is 2.32. The van der Waals surface area contributed by atoms with Crippen molar-refractivity contribution in [3.8, 4) is 0 Å². The summed E-state index contributed by atoms with van der Waals surface area (Å²) in [6.45, 7) is 10.4. The number of hydrogen-bond acceptors (Lipinski definition) is 4. The van der Waals surface area contributed by atoms with E-state index in [1.807, 2.05) is 42.1 Å². The first-order valence-electron chi connectivity index (χ1n) is 10.1. The van der Waals surface area contributed by atoms with Crippen molar-refractivity contribution in [2.24, 2.45) is 0 Å². The van der Waals surface area contributed by atoms with Gasteiger partial charge >= 0.3 is 6.03 Å². The van der Waals surface area contributed by atoms with Crippen molar-refractivity contribution < 1.29 is 9.53 Å². The summed E-state index contributed by atoms with van der Waals surface area (Å²) in [6, 6.07) is 18.2. The average Bonchev–Trinajstić information content (AvgIpc) is 2.68. The number of nitrogens with zero attached hydrogens (tertiary/aromatic N) is 1. The van der Waals surface area contributed by atoms with E-state index in [-0.39, 0.29) is 16.9 Å². The number of amides is 2. The number of anilines is 1. The molecule has 1 aliphatic rings. The molecule has 5 nitrogen and oxygen atoms in total. The van der Waals surface area contributed by atoms with Gasteiger partial charge in [-0.2, -0.15) is 0 Å². The molecule has 1 atom stereocenters. The third kappa shape index (κ3) is 7.72. The molecule has 2 amide bonds. The van der Waals surface area contributed by atoms with Gasteiger partial charge in [0, 0.05) is 41.5 Å². The molecular weight excluding hydrogens is 382 g/mol. The van der Waals surface area contributed by atoms with Gasteiger partial charge in [-0.15, -0.1) is 11.8 Å². The third-order valence-corrected chi connectivity index (χ3v) is 5.62. The number of carbonyl (C=O) groups excluding carboxylic acids is 1. The minimum absolute atomic E-state index is 0.00349. The van der Waals surface area contributed by atoms with E-state index in [0.29, 0.717) is 13.2 Å². The molecule has 2 aromatic carbocycles. The van der Waals surface area contributed by atoms with Crippen LogP contribution in [-0.4, -0.2) is 48.0 Å². The Morgan fingerprint density at radius 1 is 1.14 bits per heavy atom. The molecular formula is C23H31N3O2S. The van der Waals surface area contributed by atoms with Gasteiger partial charge in [0.2, 0.25) is 0 Å². The van der Waals surface area contributed by atoms with Crippen LogP contribution in [0.1, 0.15) is 26.3 Å². The molecule has 6 heteroatoms. The normalized spacial score (nSPS) is 17.7. The summed E-state index contributed by atoms with van der Waals surface area (Å²) in [6.07, 6.45) is 0.00349. The van der Waals surface area contributed by atoms with Crippen LogP contribution in [0.5, 0.6) is 0 Å². The van der Waals surface area contributed by atoms with E-state index in [1.54, 1.807) is 0 Å². The Kier molecular flexibility index (Phi) is 7.58. The summed E-state index contributed by atoms with van der Waals surface area (Å²) >= 11 is 1.81. The van der Waals surface area contributed by atoms with Crippen LogP contribution in [0, 0.1) is 0 Å². The van der Waals surface area contributed by atoms with Crippen molar-refractivity contribution in [1.29, 1.82) is 0 Å². The minimum atomic E-state index is -0.204. The van der Waals surface area contributed by atoms with E-state index in [4.69, 9.17) is 4.74 Å². The Morgan fingerprint density at radius 2 is 1.86 bits per heavy atom. The Balaban J connectivity index is 1.42. The van der Waals surface area contributed by atoms with Crippen LogP contribution in [0.2, 0.25) is 0 Å². The molecule has 3 rings (SSSR count). The molecule has 156 valence electrons. The Bertz CT molecular complexity index is 775. The minimum Gasteiger partial charge on any atom is -0.374 e. The molecule has 1 heterocycles. The molecule has 0 spiro atoms. The predicted octanol–water partition coefficient (Wildman–Crippen LogP) is 4.60. The first-order chi connectivity index (χ1) is 13.9. The lowest BCUT2D eigenvalue weighted by Gasteiger charge is -2.33. The van der Waals surface area contributed by atoms with Crippen molar-refractivity contribution in [1.82, 2.24) is 10.2 Å². The summed E-state index contributed by atoms with van der Waals surface area (Å²) in [5.74, 6) is 0. The van der Waals surface area contributed by atoms with Crippen LogP contribution in [0.3, 0.4) is 0 Å². The fourth-order valence-corrected chi connectivity index (χ4v) is 4.21. The number of rotatable bonds is 6. The highest BCUT2D eigenvalue weighted by molar-refractivity contribution is 8.00. The molecule has 0 radical (unpaired) electrons. The Hall–Kier alpha value is -2.02. The van der Waals surface area contributed by atoms with Gasteiger partial charge < -0.3 is 15.4 Å². The van der Waals surface area contributed by atoms with Gasteiger partial charge in [-0.1, -0.05) is 51.1 Å². The molecule has 0 saturated carbocycles. The van der Waals surface area contributed by atoms with Crippen LogP contribution in [0.25, 0.3) is 0 Å². The zero-order chi connectivity index (χ0) is 20.7. The second-order valence-corrected chi connectivity index (χ2v) is 10.2. The van der Waals surface area contributed by atoms with Gasteiger partial charge in [-0.05, 0) is 29.8 Å². The maximum absolute atomic E-state index is 12.2. The van der Waals surface area contributed by atoms with Crippen molar-refractivity contribution in [2.75, 3.05) is 31.6 Å². The van der Waals surface area contributed by atoms with Gasteiger partial charge in [-0.3, -0.25) is 4.90 Å². The van der Waals surface area contributed by atoms with Crippen LogP contribution < -0.4 is 10.6 Å². The molecule has 1 saturated heterocycles. The molecule has 2 N–H and O–H groups in total. The summed E-state index contributed by atoms with van der Waals surface area (Å²) in [5.41, 5.74) is 2.09. The largest absolute Gasteiger partial charge is 0.374 e. The van der Waals surface area contributed by atoms with Crippen molar-refractivity contribution in [3.63, 3.8) is 0 Å². The second-order valence-electron chi connectivity index (χ2n) is 8.29. The molecule has 29 heavy (non-hydrogen) atoms. The van der Waals surface area contributed by atoms with E-state index >= 15 is 0 Å². The quantitative estimate of drug-likeness (QED) is 0.680. The number of urea groups is 1. The Labute approximate surface area is 178 Å². The summed E-state index contributed by atoms with van der Waals surface area (Å²) in [5, 5.41) is 5.83. The van der Waals surface area contributed by atoms with Crippen LogP contribution in [0.15, 0.2) is 59.5 Å². The molecule has 1 fully saturated rings. The number of carbonyl (C=O) groups is 1. The molecule has 2 aromatic rings. The molecule has 1 unspecified atom stereocenters. The maximum Gasteiger partial charge on any atom is 0.319 e. The van der Waals surface area contributed by atoms with Crippen LogP contribution in [-0.2, 0) is 11.3 Å². The molecule has 0 aromatic heterocycles. The fraction of sp³-hybridized carbons (Fsp3) is 0.435. The van der Waals surface area contributed by atoms with Gasteiger partial charge in [0.25, 0.3) is 0 Å². The van der Waals surface area contributed by atoms with E-state index in [9.17, 15) is 4.79 Å². The average molecular weight is 414 g/mol. The van der Waals surface area contributed by atoms with Crippen molar-refractivity contribution in [3.05, 3.63) is 60.2 Å². The number of morpholine rings is 1. The number of benzene rings is 2. The predicted molar refractivity (Wildman–Crippen MR) is 121 cm³/mol. The molecule has 0 bridgehead atoms. The van der Waals surface area contributed by atoms with Crippen LogP contribution in [0.4, 0.5) is 10.5 Å². The van der Waals surface area contributed by atoms with E-state index < -0.39 is 0 Å². The highest BCUT2D eigenvalue weighted by atomic mass is 32.2. The monoisotopic (exact) mass is 413 g/mol. The molecule has 0 aliphatic carbocycles. The molecule has 1 aliphatic heterocycles. The number of thioether (sulfide) groups is 1. The first kappa shape index (κ1) is 21.7. The maximum atomic E-state index is 12.2. The van der Waals surface area contributed by atoms with E-state index in [0.717, 1.165) is 25.3 Å². The lowest BCUT2D eigenvalue weighted by molar-refractivity contribution is -0.0285. The topological polar surface area (TPSA) is 53.6 Å². The Morgan fingerprint density at radius 3 is 2.55 bits per heavy atom. The van der Waals surface area contributed by atoms with Crippen molar-refractivity contribution >= 4 is 23.5 Å². The zero-order valence-corrected chi connectivity index (χ0v) is 18.3. The zero-order valence-electron chi connectivity index (χ0n) is 17.5. The van der Waals surface area contributed by atoms with Crippen LogP contribution >= 0.6 is 11.8 Å². The van der Waals surface area contributed by atoms with Gasteiger partial charge in [0.05, 0.1) is 12.7 Å². The van der Waals surface area contributed by atoms with Gasteiger partial charge in [0.15, 0.2) is 0 Å². The van der Waals surface area contributed by atoms with Crippen molar-refractivity contribution in [2.45, 2.75) is 43.1 Å².